The molecular weight excluding hydrogens is 266 g/mol. The van der Waals surface area contributed by atoms with Gasteiger partial charge in [-0.15, -0.1) is 0 Å². The molecule has 0 saturated heterocycles. The number of amides is 1. The predicted octanol–water partition coefficient (Wildman–Crippen LogP) is 0.598. The number of quaternary nitrogens is 1. The molecule has 1 unspecified atom stereocenters. The standard InChI is InChI=1S/C13H11NO4S/c15-13(11-7-3-1-4-8-11)14(16)19(17,18)12-9-5-2-6-10-12/h1-10,14H. The molecule has 0 aliphatic carbocycles. The summed E-state index contributed by atoms with van der Waals surface area (Å²) in [7, 11) is -4.27. The Hall–Kier alpha value is -2.02. The average molecular weight is 277 g/mol. The molecule has 1 N–H and O–H groups in total. The first-order chi connectivity index (χ1) is 9.03. The van der Waals surface area contributed by atoms with Gasteiger partial charge in [0.15, 0.2) is 0 Å². The first-order valence-electron chi connectivity index (χ1n) is 5.47. The minimum absolute atomic E-state index is 0.0620. The maximum absolute atomic E-state index is 12.0. The molecule has 1 atom stereocenters. The zero-order valence-corrected chi connectivity index (χ0v) is 10.6. The van der Waals surface area contributed by atoms with Crippen LogP contribution in [0, 0.1) is 5.21 Å². The highest BCUT2D eigenvalue weighted by molar-refractivity contribution is 7.85. The summed E-state index contributed by atoms with van der Waals surface area (Å²) in [6, 6.07) is 14.8. The van der Waals surface area contributed by atoms with Gasteiger partial charge in [0.05, 0.1) is 5.56 Å². The highest BCUT2D eigenvalue weighted by atomic mass is 32.2. The first kappa shape index (κ1) is 13.4. The molecular formula is C13H11NO4S. The number of carbonyl (C=O) groups is 1. The molecule has 0 aliphatic heterocycles. The number of benzene rings is 2. The van der Waals surface area contributed by atoms with Crippen molar-refractivity contribution in [2.75, 3.05) is 0 Å². The number of sulfonamides is 1. The second-order valence-electron chi connectivity index (χ2n) is 3.80. The maximum atomic E-state index is 12.0. The minimum atomic E-state index is -4.27. The molecule has 6 heteroatoms. The molecule has 2 rings (SSSR count). The van der Waals surface area contributed by atoms with Crippen LogP contribution in [0.4, 0.5) is 0 Å². The molecule has 0 bridgehead atoms. The van der Waals surface area contributed by atoms with Crippen LogP contribution in [0.15, 0.2) is 65.6 Å². The van der Waals surface area contributed by atoms with E-state index in [9.17, 15) is 18.4 Å². The third-order valence-electron chi connectivity index (χ3n) is 2.52. The zero-order valence-electron chi connectivity index (χ0n) is 9.81. The summed E-state index contributed by atoms with van der Waals surface area (Å²) in [6.45, 7) is 0. The van der Waals surface area contributed by atoms with Crippen molar-refractivity contribution < 1.29 is 17.7 Å². The van der Waals surface area contributed by atoms with Crippen LogP contribution in [-0.2, 0) is 10.0 Å². The fourth-order valence-electron chi connectivity index (χ4n) is 1.54. The van der Waals surface area contributed by atoms with Crippen LogP contribution in [0.1, 0.15) is 10.4 Å². The Balaban J connectivity index is 2.35. The van der Waals surface area contributed by atoms with E-state index in [1.165, 1.54) is 36.4 Å². The summed E-state index contributed by atoms with van der Waals surface area (Å²) in [6.07, 6.45) is 0. The Labute approximate surface area is 110 Å². The fraction of sp³-hybridized carbons (Fsp3) is 0. The minimum Gasteiger partial charge on any atom is -0.610 e. The van der Waals surface area contributed by atoms with Crippen LogP contribution in [-0.4, -0.2) is 14.3 Å². The van der Waals surface area contributed by atoms with Crippen LogP contribution in [0.5, 0.6) is 0 Å². The summed E-state index contributed by atoms with van der Waals surface area (Å²) in [5.41, 5.74) is 0.0620. The SMILES string of the molecule is O=C(c1ccccc1)[NH+]([O-])S(=O)(=O)c1ccccc1. The topological polar surface area (TPSA) is 78.7 Å². The van der Waals surface area contributed by atoms with Gasteiger partial charge in [0.25, 0.3) is 0 Å². The lowest BCUT2D eigenvalue weighted by molar-refractivity contribution is -0.606. The molecule has 0 saturated carbocycles. The fourth-order valence-corrected chi connectivity index (χ4v) is 2.63. The summed E-state index contributed by atoms with van der Waals surface area (Å²) < 4.78 is 22.5. The van der Waals surface area contributed by atoms with E-state index in [0.717, 1.165) is 0 Å². The molecule has 5 nitrogen and oxygen atoms in total. The molecule has 0 spiro atoms. The van der Waals surface area contributed by atoms with E-state index in [0.29, 0.717) is 0 Å². The van der Waals surface area contributed by atoms with Crippen molar-refractivity contribution in [1.29, 1.82) is 0 Å². The van der Waals surface area contributed by atoms with Gasteiger partial charge in [-0.2, -0.15) is 12.9 Å². The number of hydrogen-bond donors (Lipinski definition) is 1. The highest BCUT2D eigenvalue weighted by Gasteiger charge is 2.28. The lowest BCUT2D eigenvalue weighted by Gasteiger charge is -2.18. The molecule has 2 aromatic carbocycles. The van der Waals surface area contributed by atoms with Crippen LogP contribution >= 0.6 is 0 Å². The second-order valence-corrected chi connectivity index (χ2v) is 5.65. The van der Waals surface area contributed by atoms with Crippen molar-refractivity contribution in [3.05, 3.63) is 71.4 Å². The van der Waals surface area contributed by atoms with Crippen molar-refractivity contribution in [3.8, 4) is 0 Å². The smallest absolute Gasteiger partial charge is 0.359 e. The number of nitrogens with one attached hydrogen (secondary N) is 1. The lowest BCUT2D eigenvalue weighted by Crippen LogP contribution is -3.11. The van der Waals surface area contributed by atoms with Gasteiger partial charge in [0.1, 0.15) is 4.90 Å². The van der Waals surface area contributed by atoms with Gasteiger partial charge in [0, 0.05) is 0 Å². The van der Waals surface area contributed by atoms with Crippen LogP contribution in [0.2, 0.25) is 0 Å². The van der Waals surface area contributed by atoms with Crippen LogP contribution in [0.3, 0.4) is 0 Å². The van der Waals surface area contributed by atoms with E-state index < -0.39 is 20.4 Å². The molecule has 0 fully saturated rings. The van der Waals surface area contributed by atoms with Gasteiger partial charge in [0.2, 0.25) is 0 Å². The quantitative estimate of drug-likeness (QED) is 0.833. The number of carbonyl (C=O) groups excluding carboxylic acids is 1. The van der Waals surface area contributed by atoms with E-state index in [2.05, 4.69) is 0 Å². The van der Waals surface area contributed by atoms with Gasteiger partial charge in [-0.1, -0.05) is 36.4 Å². The second kappa shape index (κ2) is 5.31. The van der Waals surface area contributed by atoms with Crippen molar-refractivity contribution in [3.63, 3.8) is 0 Å². The van der Waals surface area contributed by atoms with E-state index >= 15 is 0 Å². The zero-order chi connectivity index (χ0) is 13.9. The Bertz CT molecular complexity index is 668. The van der Waals surface area contributed by atoms with E-state index in [4.69, 9.17) is 0 Å². The lowest BCUT2D eigenvalue weighted by atomic mass is 10.2. The summed E-state index contributed by atoms with van der Waals surface area (Å²) >= 11 is 0. The summed E-state index contributed by atoms with van der Waals surface area (Å²) in [5.74, 6) is -1.02. The number of rotatable bonds is 3. The van der Waals surface area contributed by atoms with Gasteiger partial charge in [-0.25, -0.2) is 4.79 Å². The molecule has 0 radical (unpaired) electrons. The molecule has 0 aromatic heterocycles. The Morgan fingerprint density at radius 2 is 1.37 bits per heavy atom. The van der Waals surface area contributed by atoms with E-state index in [1.54, 1.807) is 24.3 Å². The normalized spacial score (nSPS) is 12.9. The van der Waals surface area contributed by atoms with Gasteiger partial charge >= 0.3 is 15.9 Å². The summed E-state index contributed by atoms with van der Waals surface area (Å²) in [4.78, 5) is 11.7. The Morgan fingerprint density at radius 3 is 1.89 bits per heavy atom. The van der Waals surface area contributed by atoms with Crippen LogP contribution < -0.4 is 4.47 Å². The predicted molar refractivity (Wildman–Crippen MR) is 68.7 cm³/mol. The number of hydroxylamine groups is 1. The maximum Gasteiger partial charge on any atom is 0.359 e. The Morgan fingerprint density at radius 1 is 0.895 bits per heavy atom. The molecule has 1 amide bonds. The van der Waals surface area contributed by atoms with Crippen LogP contribution in [0.25, 0.3) is 0 Å². The third-order valence-corrected chi connectivity index (χ3v) is 4.09. The average Bonchev–Trinajstić information content (AvgIpc) is 2.47. The highest BCUT2D eigenvalue weighted by Crippen LogP contribution is 2.05. The largest absolute Gasteiger partial charge is 0.610 e. The molecule has 0 heterocycles. The van der Waals surface area contributed by atoms with Gasteiger partial charge in [-0.3, -0.25) is 0 Å². The van der Waals surface area contributed by atoms with E-state index in [-0.39, 0.29) is 10.5 Å². The van der Waals surface area contributed by atoms with Crippen molar-refractivity contribution >= 4 is 15.9 Å². The molecule has 2 aromatic rings. The van der Waals surface area contributed by atoms with Gasteiger partial charge < -0.3 is 5.21 Å². The number of hydrogen-bond acceptors (Lipinski definition) is 4. The first-order valence-corrected chi connectivity index (χ1v) is 6.95. The van der Waals surface area contributed by atoms with Crippen molar-refractivity contribution in [2.45, 2.75) is 4.90 Å². The third kappa shape index (κ3) is 2.70. The molecule has 98 valence electrons. The molecule has 0 aliphatic rings. The molecule has 19 heavy (non-hydrogen) atoms. The van der Waals surface area contributed by atoms with Crippen molar-refractivity contribution in [2.24, 2.45) is 0 Å². The van der Waals surface area contributed by atoms with Gasteiger partial charge in [-0.05, 0) is 24.3 Å². The monoisotopic (exact) mass is 277 g/mol. The summed E-state index contributed by atoms with van der Waals surface area (Å²) in [5, 5.41) is 11.8. The van der Waals surface area contributed by atoms with E-state index in [1.807, 2.05) is 0 Å². The van der Waals surface area contributed by atoms with Crippen molar-refractivity contribution in [1.82, 2.24) is 0 Å². The Kier molecular flexibility index (Phi) is 3.75.